The molecule has 0 fully saturated rings. The summed E-state index contributed by atoms with van der Waals surface area (Å²) >= 11 is 0. The van der Waals surface area contributed by atoms with E-state index in [0.717, 1.165) is 12.1 Å². The van der Waals surface area contributed by atoms with E-state index in [1.807, 2.05) is 13.8 Å². The van der Waals surface area contributed by atoms with Crippen LogP contribution in [0.15, 0.2) is 24.3 Å². The first-order chi connectivity index (χ1) is 8.70. The van der Waals surface area contributed by atoms with Gasteiger partial charge in [-0.25, -0.2) is 0 Å². The molecule has 1 rings (SSSR count). The van der Waals surface area contributed by atoms with E-state index in [1.54, 1.807) is 0 Å². The van der Waals surface area contributed by atoms with Crippen molar-refractivity contribution in [1.82, 2.24) is 0 Å². The highest BCUT2D eigenvalue weighted by atomic mass is 19.4. The van der Waals surface area contributed by atoms with Crippen LogP contribution < -0.4 is 5.73 Å². The second kappa shape index (κ2) is 6.19. The lowest BCUT2D eigenvalue weighted by Gasteiger charge is -2.14. The topological polar surface area (TPSA) is 43.1 Å². The third-order valence-corrected chi connectivity index (χ3v) is 2.98. The summed E-state index contributed by atoms with van der Waals surface area (Å²) < 4.78 is 37.5. The number of benzene rings is 1. The first kappa shape index (κ1) is 15.7. The maximum absolute atomic E-state index is 12.5. The minimum absolute atomic E-state index is 0.00958. The predicted molar refractivity (Wildman–Crippen MR) is 67.6 cm³/mol. The molecule has 0 aliphatic rings. The summed E-state index contributed by atoms with van der Waals surface area (Å²) in [6, 6.07) is 4.59. The Labute approximate surface area is 110 Å². The van der Waals surface area contributed by atoms with Crippen molar-refractivity contribution < 1.29 is 18.0 Å². The fourth-order valence-electron chi connectivity index (χ4n) is 1.66. The molecule has 0 spiro atoms. The molecule has 2 nitrogen and oxygen atoms in total. The molecule has 19 heavy (non-hydrogen) atoms. The number of halogens is 3. The molecule has 1 aromatic rings. The summed E-state index contributed by atoms with van der Waals surface area (Å²) in [6.45, 7) is 3.81. The molecule has 0 bridgehead atoms. The van der Waals surface area contributed by atoms with E-state index in [-0.39, 0.29) is 30.6 Å². The molecule has 0 amide bonds. The highest BCUT2D eigenvalue weighted by molar-refractivity contribution is 5.81. The molecule has 0 heterocycles. The fourth-order valence-corrected chi connectivity index (χ4v) is 1.66. The number of carbonyl (C=O) groups is 1. The largest absolute Gasteiger partial charge is 0.416 e. The smallest absolute Gasteiger partial charge is 0.327 e. The summed E-state index contributed by atoms with van der Waals surface area (Å²) in [4.78, 5) is 11.7. The summed E-state index contributed by atoms with van der Waals surface area (Å²) in [7, 11) is 0. The molecule has 1 aromatic carbocycles. The van der Waals surface area contributed by atoms with Gasteiger partial charge in [-0.15, -0.1) is 0 Å². The number of rotatable bonds is 5. The molecular weight excluding hydrogens is 255 g/mol. The fraction of sp³-hybridized carbons (Fsp3) is 0.500. The summed E-state index contributed by atoms with van der Waals surface area (Å²) in [5, 5.41) is 0. The molecule has 0 saturated carbocycles. The van der Waals surface area contributed by atoms with Crippen molar-refractivity contribution in [2.75, 3.05) is 0 Å². The molecular formula is C14H18F3NO. The van der Waals surface area contributed by atoms with Gasteiger partial charge in [0, 0.05) is 18.9 Å². The molecule has 5 heteroatoms. The Morgan fingerprint density at radius 1 is 1.32 bits per heavy atom. The zero-order chi connectivity index (χ0) is 14.6. The van der Waals surface area contributed by atoms with Gasteiger partial charge < -0.3 is 5.73 Å². The molecule has 2 N–H and O–H groups in total. The van der Waals surface area contributed by atoms with E-state index in [1.165, 1.54) is 12.1 Å². The van der Waals surface area contributed by atoms with Gasteiger partial charge in [-0.2, -0.15) is 13.2 Å². The van der Waals surface area contributed by atoms with E-state index in [2.05, 4.69) is 0 Å². The molecule has 1 unspecified atom stereocenters. The number of alkyl halides is 3. The van der Waals surface area contributed by atoms with E-state index in [0.29, 0.717) is 5.56 Å². The van der Waals surface area contributed by atoms with Gasteiger partial charge in [0.1, 0.15) is 5.78 Å². The van der Waals surface area contributed by atoms with Crippen LogP contribution in [0.2, 0.25) is 0 Å². The van der Waals surface area contributed by atoms with Gasteiger partial charge in [-0.3, -0.25) is 4.79 Å². The van der Waals surface area contributed by atoms with Gasteiger partial charge in [0.2, 0.25) is 0 Å². The van der Waals surface area contributed by atoms with Gasteiger partial charge in [-0.05, 0) is 17.5 Å². The van der Waals surface area contributed by atoms with E-state index < -0.39 is 11.7 Å². The van der Waals surface area contributed by atoms with Crippen LogP contribution >= 0.6 is 0 Å². The number of carbonyl (C=O) groups excluding carboxylic acids is 1. The molecule has 0 radical (unpaired) electrons. The normalized spacial score (nSPS) is 13.6. The zero-order valence-corrected chi connectivity index (χ0v) is 11.0. The maximum Gasteiger partial charge on any atom is 0.416 e. The Kier molecular flexibility index (Phi) is 5.11. The van der Waals surface area contributed by atoms with Crippen molar-refractivity contribution in [2.24, 2.45) is 11.7 Å². The first-order valence-electron chi connectivity index (χ1n) is 6.13. The van der Waals surface area contributed by atoms with Crippen LogP contribution in [0.3, 0.4) is 0 Å². The Hall–Kier alpha value is -1.36. The van der Waals surface area contributed by atoms with Gasteiger partial charge in [0.15, 0.2) is 0 Å². The minimum atomic E-state index is -4.38. The summed E-state index contributed by atoms with van der Waals surface area (Å²) in [6.07, 6.45) is -4.20. The standard InChI is InChI=1S/C14H18F3NO/c1-9(2)13(18)8-12(19)7-10-4-3-5-11(6-10)14(15,16)17/h3-6,9,13H,7-8,18H2,1-2H3. The molecule has 0 saturated heterocycles. The average molecular weight is 273 g/mol. The highest BCUT2D eigenvalue weighted by Gasteiger charge is 2.30. The number of ketones is 1. The predicted octanol–water partition coefficient (Wildman–Crippen LogP) is 3.19. The second-order valence-corrected chi connectivity index (χ2v) is 5.03. The Morgan fingerprint density at radius 3 is 2.47 bits per heavy atom. The van der Waals surface area contributed by atoms with Crippen molar-refractivity contribution in [2.45, 2.75) is 38.9 Å². The van der Waals surface area contributed by atoms with E-state index in [9.17, 15) is 18.0 Å². The van der Waals surface area contributed by atoms with Crippen LogP contribution in [-0.4, -0.2) is 11.8 Å². The molecule has 0 aromatic heterocycles. The van der Waals surface area contributed by atoms with Crippen molar-refractivity contribution in [3.05, 3.63) is 35.4 Å². The number of Topliss-reactive ketones (excluding diaryl/α,β-unsaturated/α-hetero) is 1. The van der Waals surface area contributed by atoms with Crippen LogP contribution in [0.4, 0.5) is 13.2 Å². The van der Waals surface area contributed by atoms with Crippen LogP contribution in [0.5, 0.6) is 0 Å². The quantitative estimate of drug-likeness (QED) is 0.895. The lowest BCUT2D eigenvalue weighted by molar-refractivity contribution is -0.137. The maximum atomic E-state index is 12.5. The third kappa shape index (κ3) is 5.03. The second-order valence-electron chi connectivity index (χ2n) is 5.03. The van der Waals surface area contributed by atoms with Crippen molar-refractivity contribution >= 4 is 5.78 Å². The van der Waals surface area contributed by atoms with E-state index >= 15 is 0 Å². The highest BCUT2D eigenvalue weighted by Crippen LogP contribution is 2.29. The van der Waals surface area contributed by atoms with Crippen LogP contribution in [-0.2, 0) is 17.4 Å². The molecule has 1 atom stereocenters. The van der Waals surface area contributed by atoms with Crippen LogP contribution in [0.1, 0.15) is 31.4 Å². The van der Waals surface area contributed by atoms with Gasteiger partial charge in [0.25, 0.3) is 0 Å². The van der Waals surface area contributed by atoms with Crippen molar-refractivity contribution in [3.8, 4) is 0 Å². The third-order valence-electron chi connectivity index (χ3n) is 2.98. The van der Waals surface area contributed by atoms with E-state index in [4.69, 9.17) is 5.73 Å². The van der Waals surface area contributed by atoms with Crippen molar-refractivity contribution in [1.29, 1.82) is 0 Å². The first-order valence-corrected chi connectivity index (χ1v) is 6.13. The lowest BCUT2D eigenvalue weighted by atomic mass is 9.96. The molecule has 0 aliphatic carbocycles. The average Bonchev–Trinajstić information content (AvgIpc) is 2.27. The number of nitrogens with two attached hydrogens (primary N) is 1. The Bertz CT molecular complexity index is 441. The van der Waals surface area contributed by atoms with Gasteiger partial charge in [0.05, 0.1) is 5.56 Å². The summed E-state index contributed by atoms with van der Waals surface area (Å²) in [5.74, 6) is 0.0333. The Morgan fingerprint density at radius 2 is 1.95 bits per heavy atom. The van der Waals surface area contributed by atoms with Gasteiger partial charge in [-0.1, -0.05) is 32.0 Å². The molecule has 0 aliphatic heterocycles. The van der Waals surface area contributed by atoms with Crippen LogP contribution in [0, 0.1) is 5.92 Å². The van der Waals surface area contributed by atoms with Gasteiger partial charge >= 0.3 is 6.18 Å². The van der Waals surface area contributed by atoms with Crippen molar-refractivity contribution in [3.63, 3.8) is 0 Å². The summed E-state index contributed by atoms with van der Waals surface area (Å²) in [5.41, 5.74) is 5.41. The Balaban J connectivity index is 2.70. The number of hydrogen-bond donors (Lipinski definition) is 1. The lowest BCUT2D eigenvalue weighted by Crippen LogP contribution is -2.29. The minimum Gasteiger partial charge on any atom is -0.327 e. The zero-order valence-electron chi connectivity index (χ0n) is 11.0. The number of hydrogen-bond acceptors (Lipinski definition) is 2. The SMILES string of the molecule is CC(C)C(N)CC(=O)Cc1cccc(C(F)(F)F)c1. The molecule has 106 valence electrons. The monoisotopic (exact) mass is 273 g/mol. The van der Waals surface area contributed by atoms with Crippen LogP contribution in [0.25, 0.3) is 0 Å².